The van der Waals surface area contributed by atoms with Crippen LogP contribution in [0.1, 0.15) is 0 Å². The molecule has 0 aliphatic heterocycles. The first kappa shape index (κ1) is 7.31. The molecule has 0 aliphatic carbocycles. The summed E-state index contributed by atoms with van der Waals surface area (Å²) in [5.74, 6) is -0.455. The van der Waals surface area contributed by atoms with Crippen LogP contribution in [0.5, 0.6) is 11.5 Å². The summed E-state index contributed by atoms with van der Waals surface area (Å²) in [6.45, 7) is 0. The minimum absolute atomic E-state index is 0.128. The van der Waals surface area contributed by atoms with Gasteiger partial charge in [0.15, 0.2) is 16.7 Å². The summed E-state index contributed by atoms with van der Waals surface area (Å²) in [5.41, 5.74) is 0.500. The lowest BCUT2D eigenvalue weighted by atomic mass is 10.4. The van der Waals surface area contributed by atoms with E-state index >= 15 is 0 Å². The van der Waals surface area contributed by atoms with Crippen LogP contribution in [0.3, 0.4) is 0 Å². The van der Waals surface area contributed by atoms with E-state index in [-0.39, 0.29) is 16.7 Å². The highest BCUT2D eigenvalue weighted by atomic mass is 35.5. The van der Waals surface area contributed by atoms with Gasteiger partial charge >= 0.3 is 0 Å². The Morgan fingerprint density at radius 3 is 2.58 bits per heavy atom. The van der Waals surface area contributed by atoms with Crippen molar-refractivity contribution in [1.82, 2.24) is 4.40 Å². The van der Waals surface area contributed by atoms with Gasteiger partial charge in [-0.2, -0.15) is 0 Å². The minimum atomic E-state index is -0.275. The van der Waals surface area contributed by atoms with Gasteiger partial charge in [0, 0.05) is 6.20 Å². The van der Waals surface area contributed by atoms with Gasteiger partial charge in [0.05, 0.1) is 5.52 Å². The van der Waals surface area contributed by atoms with Crippen molar-refractivity contribution in [3.8, 4) is 11.5 Å². The first-order valence-corrected chi connectivity index (χ1v) is 3.76. The highest BCUT2D eigenvalue weighted by Gasteiger charge is 2.13. The molecule has 0 aromatic carbocycles. The fourth-order valence-corrected chi connectivity index (χ4v) is 1.38. The maximum Gasteiger partial charge on any atom is 0.196 e. The standard InChI is InChI=1S/C8H6ClNO2/c9-8-7(12)6(11)5-3-1-2-4-10(5)8/h1-4,11-12H. The third-order valence-electron chi connectivity index (χ3n) is 1.73. The molecule has 0 saturated carbocycles. The second-order valence-corrected chi connectivity index (χ2v) is 2.80. The molecule has 0 spiro atoms. The molecule has 2 aromatic rings. The molecule has 2 rings (SSSR count). The fraction of sp³-hybridized carbons (Fsp3) is 0. The number of pyridine rings is 1. The molecule has 62 valence electrons. The predicted molar refractivity (Wildman–Crippen MR) is 45.7 cm³/mol. The van der Waals surface area contributed by atoms with E-state index in [2.05, 4.69) is 0 Å². The van der Waals surface area contributed by atoms with Crippen LogP contribution in [0, 0.1) is 0 Å². The lowest BCUT2D eigenvalue weighted by Gasteiger charge is -1.92. The largest absolute Gasteiger partial charge is 0.503 e. The van der Waals surface area contributed by atoms with Crippen LogP contribution in [-0.2, 0) is 0 Å². The Morgan fingerprint density at radius 1 is 1.17 bits per heavy atom. The van der Waals surface area contributed by atoms with Crippen LogP contribution in [0.25, 0.3) is 5.52 Å². The van der Waals surface area contributed by atoms with Gasteiger partial charge in [0.2, 0.25) is 0 Å². The average Bonchev–Trinajstić information content (AvgIpc) is 2.33. The van der Waals surface area contributed by atoms with Crippen LogP contribution in [-0.4, -0.2) is 14.6 Å². The molecule has 0 saturated heterocycles. The number of rotatable bonds is 0. The zero-order chi connectivity index (χ0) is 8.72. The molecule has 12 heavy (non-hydrogen) atoms. The second kappa shape index (κ2) is 2.32. The van der Waals surface area contributed by atoms with Gasteiger partial charge in [-0.25, -0.2) is 0 Å². The Hall–Kier alpha value is -1.35. The van der Waals surface area contributed by atoms with E-state index in [1.807, 2.05) is 0 Å². The summed E-state index contributed by atoms with van der Waals surface area (Å²) in [5, 5.41) is 18.7. The summed E-state index contributed by atoms with van der Waals surface area (Å²) < 4.78 is 1.51. The van der Waals surface area contributed by atoms with E-state index in [1.54, 1.807) is 24.4 Å². The number of fused-ring (bicyclic) bond motifs is 1. The number of aromatic nitrogens is 1. The van der Waals surface area contributed by atoms with E-state index in [1.165, 1.54) is 4.40 Å². The van der Waals surface area contributed by atoms with Gasteiger partial charge in [-0.15, -0.1) is 0 Å². The van der Waals surface area contributed by atoms with Crippen molar-refractivity contribution < 1.29 is 10.2 Å². The van der Waals surface area contributed by atoms with Crippen molar-refractivity contribution in [1.29, 1.82) is 0 Å². The smallest absolute Gasteiger partial charge is 0.196 e. The van der Waals surface area contributed by atoms with Crippen molar-refractivity contribution in [2.75, 3.05) is 0 Å². The summed E-state index contributed by atoms with van der Waals surface area (Å²) >= 11 is 5.70. The maximum atomic E-state index is 9.32. The van der Waals surface area contributed by atoms with Crippen LogP contribution in [0.15, 0.2) is 24.4 Å². The van der Waals surface area contributed by atoms with Gasteiger partial charge in [-0.1, -0.05) is 17.7 Å². The number of nitrogens with zero attached hydrogens (tertiary/aromatic N) is 1. The monoisotopic (exact) mass is 183 g/mol. The van der Waals surface area contributed by atoms with Gasteiger partial charge < -0.3 is 14.6 Å². The van der Waals surface area contributed by atoms with Crippen molar-refractivity contribution >= 4 is 17.1 Å². The first-order chi connectivity index (χ1) is 5.72. The summed E-state index contributed by atoms with van der Waals surface area (Å²) in [7, 11) is 0. The Labute approximate surface area is 73.4 Å². The highest BCUT2D eigenvalue weighted by molar-refractivity contribution is 6.32. The van der Waals surface area contributed by atoms with E-state index in [9.17, 15) is 10.2 Å². The van der Waals surface area contributed by atoms with Crippen LogP contribution < -0.4 is 0 Å². The fourth-order valence-electron chi connectivity index (χ4n) is 1.14. The van der Waals surface area contributed by atoms with Gasteiger partial charge in [0.1, 0.15) is 0 Å². The number of aromatic hydroxyl groups is 2. The van der Waals surface area contributed by atoms with Crippen LogP contribution >= 0.6 is 11.6 Å². The molecule has 2 N–H and O–H groups in total. The summed E-state index contributed by atoms with van der Waals surface area (Å²) in [4.78, 5) is 0. The third-order valence-corrected chi connectivity index (χ3v) is 2.09. The molecule has 4 heteroatoms. The van der Waals surface area contributed by atoms with Gasteiger partial charge in [-0.3, -0.25) is 0 Å². The zero-order valence-corrected chi connectivity index (χ0v) is 6.78. The molecule has 2 aromatic heterocycles. The maximum absolute atomic E-state index is 9.32. The van der Waals surface area contributed by atoms with E-state index in [4.69, 9.17) is 11.6 Å². The van der Waals surface area contributed by atoms with Crippen molar-refractivity contribution in [3.63, 3.8) is 0 Å². The van der Waals surface area contributed by atoms with E-state index in [0.29, 0.717) is 5.52 Å². The molecule has 0 fully saturated rings. The first-order valence-electron chi connectivity index (χ1n) is 3.38. The topological polar surface area (TPSA) is 44.9 Å². The predicted octanol–water partition coefficient (Wildman–Crippen LogP) is 2.00. The van der Waals surface area contributed by atoms with E-state index in [0.717, 1.165) is 0 Å². The summed E-state index contributed by atoms with van der Waals surface area (Å²) in [6, 6.07) is 5.18. The molecule has 3 nitrogen and oxygen atoms in total. The highest BCUT2D eigenvalue weighted by Crippen LogP contribution is 2.38. The van der Waals surface area contributed by atoms with Crippen LogP contribution in [0.2, 0.25) is 5.15 Å². The third kappa shape index (κ3) is 0.769. The van der Waals surface area contributed by atoms with Crippen molar-refractivity contribution in [2.45, 2.75) is 0 Å². The molecule has 0 bridgehead atoms. The lowest BCUT2D eigenvalue weighted by Crippen LogP contribution is -1.79. The molecule has 0 amide bonds. The Kier molecular flexibility index (Phi) is 1.41. The Bertz CT molecular complexity index is 397. The molecule has 0 atom stereocenters. The van der Waals surface area contributed by atoms with Crippen molar-refractivity contribution in [2.24, 2.45) is 0 Å². The molecule has 0 radical (unpaired) electrons. The Morgan fingerprint density at radius 2 is 1.92 bits per heavy atom. The number of halogens is 1. The molecule has 2 heterocycles. The molecular formula is C8H6ClNO2. The minimum Gasteiger partial charge on any atom is -0.503 e. The molecule has 0 unspecified atom stereocenters. The second-order valence-electron chi connectivity index (χ2n) is 2.44. The quantitative estimate of drug-likeness (QED) is 0.656. The summed E-state index contributed by atoms with van der Waals surface area (Å²) in [6.07, 6.45) is 1.66. The van der Waals surface area contributed by atoms with E-state index < -0.39 is 0 Å². The van der Waals surface area contributed by atoms with Gasteiger partial charge in [0.25, 0.3) is 0 Å². The van der Waals surface area contributed by atoms with Crippen LogP contribution in [0.4, 0.5) is 0 Å². The van der Waals surface area contributed by atoms with Crippen molar-refractivity contribution in [3.05, 3.63) is 29.5 Å². The van der Waals surface area contributed by atoms with Gasteiger partial charge in [-0.05, 0) is 12.1 Å². The number of hydrogen-bond acceptors (Lipinski definition) is 2. The average molecular weight is 184 g/mol. The lowest BCUT2D eigenvalue weighted by molar-refractivity contribution is 0.411. The molecule has 0 aliphatic rings. The zero-order valence-electron chi connectivity index (χ0n) is 6.03. The number of hydrogen-bond donors (Lipinski definition) is 2. The SMILES string of the molecule is Oc1c(O)c2ccccn2c1Cl. The Balaban J connectivity index is 2.99. The molecular weight excluding hydrogens is 178 g/mol. The normalized spacial score (nSPS) is 10.8.